The molecule has 1 unspecified atom stereocenters. The highest BCUT2D eigenvalue weighted by atomic mass is 31.1. The number of nitrogens with two attached hydrogens (primary N) is 2. The third-order valence-corrected chi connectivity index (χ3v) is 8.88. The summed E-state index contributed by atoms with van der Waals surface area (Å²) >= 11 is 0. The molecule has 5 aromatic rings. The van der Waals surface area contributed by atoms with E-state index in [0.29, 0.717) is 11.4 Å². The predicted molar refractivity (Wildman–Crippen MR) is 143 cm³/mol. The second-order valence-electron chi connectivity index (χ2n) is 8.27. The van der Waals surface area contributed by atoms with E-state index in [1.165, 1.54) is 37.8 Å². The Kier molecular flexibility index (Phi) is 4.75. The van der Waals surface area contributed by atoms with Gasteiger partial charge in [-0.15, -0.1) is 0 Å². The quantitative estimate of drug-likeness (QED) is 0.370. The third-order valence-electron chi connectivity index (χ3n) is 6.38. The van der Waals surface area contributed by atoms with E-state index in [-0.39, 0.29) is 0 Å². The fourth-order valence-electron chi connectivity index (χ4n) is 4.76. The summed E-state index contributed by atoms with van der Waals surface area (Å²) in [5, 5.41) is 6.38. The standard InChI is InChI=1S/C30H23N2P/c31-29-25-13-7-12-24-27(19-18-26(28(24)25)30(29)32)33(22-10-5-2-6-11-22)23-16-14-21(15-17-23)20-8-3-1-4-9-20/h1-19H,31-32H2. The fraction of sp³-hybridized carbons (Fsp3) is 0. The topological polar surface area (TPSA) is 52.0 Å². The molecule has 6 rings (SSSR count). The lowest BCUT2D eigenvalue weighted by Crippen LogP contribution is -2.21. The SMILES string of the molecule is NC1=C(N)c2ccc(P(c3ccccc3)c3ccc(-c4ccccc4)cc3)c3cccc1c23. The molecule has 4 N–H and O–H groups in total. The Morgan fingerprint density at radius 2 is 1.03 bits per heavy atom. The van der Waals surface area contributed by atoms with Crippen LogP contribution in [-0.4, -0.2) is 0 Å². The van der Waals surface area contributed by atoms with Crippen molar-refractivity contribution < 1.29 is 0 Å². The van der Waals surface area contributed by atoms with Gasteiger partial charge in [-0.05, 0) is 40.3 Å². The Bertz CT molecular complexity index is 1490. The van der Waals surface area contributed by atoms with Crippen molar-refractivity contribution in [1.29, 1.82) is 0 Å². The van der Waals surface area contributed by atoms with Crippen LogP contribution >= 0.6 is 7.92 Å². The molecular weight excluding hydrogens is 419 g/mol. The van der Waals surface area contributed by atoms with Gasteiger partial charge in [0.2, 0.25) is 0 Å². The molecule has 5 aromatic carbocycles. The summed E-state index contributed by atoms with van der Waals surface area (Å²) < 4.78 is 0. The van der Waals surface area contributed by atoms with Crippen molar-refractivity contribution in [2.45, 2.75) is 0 Å². The lowest BCUT2D eigenvalue weighted by molar-refractivity contribution is 1.54. The van der Waals surface area contributed by atoms with Gasteiger partial charge in [-0.25, -0.2) is 0 Å². The van der Waals surface area contributed by atoms with Gasteiger partial charge in [0.15, 0.2) is 0 Å². The largest absolute Gasteiger partial charge is 0.397 e. The van der Waals surface area contributed by atoms with Crippen LogP contribution in [0, 0.1) is 0 Å². The molecule has 0 heterocycles. The van der Waals surface area contributed by atoms with Gasteiger partial charge in [0.25, 0.3) is 0 Å². The molecular formula is C30H23N2P. The third kappa shape index (κ3) is 3.23. The van der Waals surface area contributed by atoms with Gasteiger partial charge >= 0.3 is 0 Å². The van der Waals surface area contributed by atoms with Crippen molar-refractivity contribution in [2.24, 2.45) is 11.5 Å². The summed E-state index contributed by atoms with van der Waals surface area (Å²) in [6.45, 7) is 0. The summed E-state index contributed by atoms with van der Waals surface area (Å²) in [7, 11) is -0.753. The van der Waals surface area contributed by atoms with Crippen LogP contribution in [0.4, 0.5) is 0 Å². The smallest absolute Gasteiger partial charge is 0.0634 e. The molecule has 0 bridgehead atoms. The number of hydrogen-bond donors (Lipinski definition) is 2. The lowest BCUT2D eigenvalue weighted by atomic mass is 10.0. The molecule has 3 heteroatoms. The Hall–Kier alpha value is -3.87. The Morgan fingerprint density at radius 3 is 1.73 bits per heavy atom. The fourth-order valence-corrected chi connectivity index (χ4v) is 7.19. The van der Waals surface area contributed by atoms with Crippen molar-refractivity contribution in [2.75, 3.05) is 0 Å². The van der Waals surface area contributed by atoms with Crippen LogP contribution in [0.25, 0.3) is 33.3 Å². The normalized spacial score (nSPS) is 13.5. The molecule has 0 saturated heterocycles. The van der Waals surface area contributed by atoms with Crippen LogP contribution in [0.1, 0.15) is 11.1 Å². The zero-order valence-corrected chi connectivity index (χ0v) is 19.0. The van der Waals surface area contributed by atoms with E-state index in [4.69, 9.17) is 11.5 Å². The first-order valence-corrected chi connectivity index (χ1v) is 12.4. The highest BCUT2D eigenvalue weighted by Gasteiger charge is 2.25. The molecule has 0 fully saturated rings. The molecule has 0 aliphatic heterocycles. The molecule has 0 saturated carbocycles. The van der Waals surface area contributed by atoms with Gasteiger partial charge in [0.1, 0.15) is 0 Å². The molecule has 1 aliphatic rings. The van der Waals surface area contributed by atoms with Gasteiger partial charge in [-0.3, -0.25) is 0 Å². The first-order valence-electron chi connectivity index (χ1n) is 11.0. The van der Waals surface area contributed by atoms with Crippen LogP contribution in [0.2, 0.25) is 0 Å². The summed E-state index contributed by atoms with van der Waals surface area (Å²) in [6.07, 6.45) is 0. The van der Waals surface area contributed by atoms with Gasteiger partial charge in [-0.2, -0.15) is 0 Å². The van der Waals surface area contributed by atoms with Crippen molar-refractivity contribution in [3.63, 3.8) is 0 Å². The average molecular weight is 443 g/mol. The number of rotatable bonds is 4. The van der Waals surface area contributed by atoms with Gasteiger partial charge in [0, 0.05) is 16.5 Å². The van der Waals surface area contributed by atoms with Crippen molar-refractivity contribution in [3.05, 3.63) is 126 Å². The van der Waals surface area contributed by atoms with Gasteiger partial charge in [-0.1, -0.05) is 115 Å². The molecule has 0 spiro atoms. The molecule has 0 amide bonds. The zero-order valence-electron chi connectivity index (χ0n) is 18.1. The first-order chi connectivity index (χ1) is 16.2. The molecule has 0 aromatic heterocycles. The Labute approximate surface area is 194 Å². The molecule has 1 atom stereocenters. The minimum atomic E-state index is -0.753. The number of benzene rings is 5. The summed E-state index contributed by atoms with van der Waals surface area (Å²) in [5.41, 5.74) is 18.6. The van der Waals surface area contributed by atoms with Crippen molar-refractivity contribution in [3.8, 4) is 11.1 Å². The van der Waals surface area contributed by atoms with Crippen LogP contribution < -0.4 is 27.4 Å². The van der Waals surface area contributed by atoms with E-state index in [1.54, 1.807) is 0 Å². The first kappa shape index (κ1) is 19.8. The molecule has 158 valence electrons. The van der Waals surface area contributed by atoms with Crippen LogP contribution in [0.3, 0.4) is 0 Å². The van der Waals surface area contributed by atoms with E-state index in [1.807, 2.05) is 0 Å². The minimum absolute atomic E-state index is 0.684. The lowest BCUT2D eigenvalue weighted by Gasteiger charge is -2.22. The van der Waals surface area contributed by atoms with Gasteiger partial charge in [0.05, 0.1) is 11.4 Å². The Morgan fingerprint density at radius 1 is 0.455 bits per heavy atom. The van der Waals surface area contributed by atoms with Gasteiger partial charge < -0.3 is 11.5 Å². The second kappa shape index (κ2) is 7.92. The van der Waals surface area contributed by atoms with Crippen LogP contribution in [-0.2, 0) is 0 Å². The minimum Gasteiger partial charge on any atom is -0.397 e. The van der Waals surface area contributed by atoms with Crippen molar-refractivity contribution in [1.82, 2.24) is 0 Å². The van der Waals surface area contributed by atoms with E-state index < -0.39 is 7.92 Å². The highest BCUT2D eigenvalue weighted by Crippen LogP contribution is 2.42. The monoisotopic (exact) mass is 442 g/mol. The maximum atomic E-state index is 6.36. The Balaban J connectivity index is 1.54. The summed E-state index contributed by atoms with van der Waals surface area (Å²) in [6, 6.07) is 41.1. The van der Waals surface area contributed by atoms with E-state index >= 15 is 0 Å². The molecule has 1 aliphatic carbocycles. The molecule has 33 heavy (non-hydrogen) atoms. The maximum absolute atomic E-state index is 6.36. The molecule has 2 nitrogen and oxygen atoms in total. The summed E-state index contributed by atoms with van der Waals surface area (Å²) in [4.78, 5) is 0. The molecule has 0 radical (unpaired) electrons. The van der Waals surface area contributed by atoms with Crippen molar-refractivity contribution >= 4 is 46.0 Å². The van der Waals surface area contributed by atoms with E-state index in [0.717, 1.165) is 11.1 Å². The van der Waals surface area contributed by atoms with E-state index in [9.17, 15) is 0 Å². The second-order valence-corrected chi connectivity index (χ2v) is 10.5. The number of hydrogen-bond acceptors (Lipinski definition) is 2. The maximum Gasteiger partial charge on any atom is 0.0634 e. The average Bonchev–Trinajstić information content (AvgIpc) is 3.13. The van der Waals surface area contributed by atoms with Crippen LogP contribution in [0.5, 0.6) is 0 Å². The predicted octanol–water partition coefficient (Wildman–Crippen LogP) is 5.32. The van der Waals surface area contributed by atoms with Crippen LogP contribution in [0.15, 0.2) is 115 Å². The summed E-state index contributed by atoms with van der Waals surface area (Å²) in [5.74, 6) is 0. The zero-order chi connectivity index (χ0) is 22.4. The van der Waals surface area contributed by atoms with E-state index in [2.05, 4.69) is 115 Å². The highest BCUT2D eigenvalue weighted by molar-refractivity contribution is 7.80.